The maximum Gasteiger partial charge on any atom is 0.240 e. The van der Waals surface area contributed by atoms with Gasteiger partial charge in [0.2, 0.25) is 24.6 Å². The van der Waals surface area contributed by atoms with Crippen LogP contribution in [0.3, 0.4) is 0 Å². The van der Waals surface area contributed by atoms with Crippen molar-refractivity contribution in [2.75, 3.05) is 26.3 Å². The van der Waals surface area contributed by atoms with Crippen LogP contribution >= 0.6 is 0 Å². The average Bonchev–Trinajstić information content (AvgIpc) is 2.69. The minimum absolute atomic E-state index is 0.00839. The molecule has 0 aliphatic carbocycles. The number of hydrogen-bond acceptors (Lipinski definition) is 5. The van der Waals surface area contributed by atoms with Crippen LogP contribution in [-0.2, 0) is 19.2 Å². The Morgan fingerprint density at radius 1 is 1.14 bits per heavy atom. The molecule has 0 aromatic carbocycles. The zero-order valence-corrected chi connectivity index (χ0v) is 17.4. The Morgan fingerprint density at radius 3 is 2.39 bits per heavy atom. The molecular weight excluding hydrogens is 364 g/mol. The summed E-state index contributed by atoms with van der Waals surface area (Å²) in [6.07, 6.45) is 5.75. The lowest BCUT2D eigenvalue weighted by Gasteiger charge is -2.30. The number of nitrogens with zero attached hydrogens (tertiary/aromatic N) is 2. The quantitative estimate of drug-likeness (QED) is 0.111. The molecule has 2 atom stereocenters. The van der Waals surface area contributed by atoms with Crippen molar-refractivity contribution in [1.29, 1.82) is 0 Å². The summed E-state index contributed by atoms with van der Waals surface area (Å²) in [7, 11) is 0. The highest BCUT2D eigenvalue weighted by Crippen LogP contribution is 2.23. The number of amides is 4. The monoisotopic (exact) mass is 400 g/mol. The predicted octanol–water partition coefficient (Wildman–Crippen LogP) is 1.12. The molecule has 9 nitrogen and oxygen atoms in total. The Labute approximate surface area is 167 Å². The molecule has 0 heterocycles. The standard InChI is InChI=1S/C19H36N4O5/c1-4-7-9-22(12-18(26)21-13-20-14-24)19(27)17(11-23(28)15-25)10-16(6-3)8-5-2/h14-17,28H,4-13H2,1-3H3,(H,20,24)(H,21,26). The van der Waals surface area contributed by atoms with E-state index in [1.54, 1.807) is 0 Å². The van der Waals surface area contributed by atoms with Gasteiger partial charge in [-0.25, -0.2) is 5.06 Å². The summed E-state index contributed by atoms with van der Waals surface area (Å²) in [5.74, 6) is -0.904. The molecule has 0 saturated heterocycles. The van der Waals surface area contributed by atoms with Crippen molar-refractivity contribution < 1.29 is 24.4 Å². The van der Waals surface area contributed by atoms with Gasteiger partial charge in [0.05, 0.1) is 25.7 Å². The van der Waals surface area contributed by atoms with E-state index in [2.05, 4.69) is 24.5 Å². The first-order valence-corrected chi connectivity index (χ1v) is 10.1. The molecule has 0 bridgehead atoms. The fourth-order valence-electron chi connectivity index (χ4n) is 3.12. The molecule has 0 fully saturated rings. The van der Waals surface area contributed by atoms with E-state index in [1.807, 2.05) is 6.92 Å². The van der Waals surface area contributed by atoms with Crippen LogP contribution in [0.2, 0.25) is 0 Å². The highest BCUT2D eigenvalue weighted by atomic mass is 16.5. The molecule has 0 aliphatic heterocycles. The molecule has 0 spiro atoms. The van der Waals surface area contributed by atoms with Gasteiger partial charge in [-0.3, -0.25) is 24.4 Å². The average molecular weight is 401 g/mol. The third kappa shape index (κ3) is 10.9. The Morgan fingerprint density at radius 2 is 1.86 bits per heavy atom. The molecule has 162 valence electrons. The van der Waals surface area contributed by atoms with Crippen molar-refractivity contribution in [2.24, 2.45) is 11.8 Å². The lowest BCUT2D eigenvalue weighted by Crippen LogP contribution is -2.47. The second kappa shape index (κ2) is 15.9. The Kier molecular flexibility index (Phi) is 14.6. The number of unbranched alkanes of at least 4 members (excludes halogenated alkanes) is 1. The van der Waals surface area contributed by atoms with Crippen molar-refractivity contribution in [3.63, 3.8) is 0 Å². The SMILES string of the molecule is CCCCN(CC(=O)NCNC=O)C(=O)C(CC(CC)CCC)CN(O)C=O. The van der Waals surface area contributed by atoms with E-state index in [0.29, 0.717) is 30.4 Å². The fraction of sp³-hybridized carbons (Fsp3) is 0.789. The van der Waals surface area contributed by atoms with Gasteiger partial charge in [0, 0.05) is 6.54 Å². The van der Waals surface area contributed by atoms with E-state index >= 15 is 0 Å². The molecular formula is C19H36N4O5. The molecule has 0 radical (unpaired) electrons. The Bertz CT molecular complexity index is 475. The van der Waals surface area contributed by atoms with Crippen LogP contribution in [-0.4, -0.2) is 66.1 Å². The molecule has 3 N–H and O–H groups in total. The Balaban J connectivity index is 5.25. The van der Waals surface area contributed by atoms with Crippen LogP contribution in [0.5, 0.6) is 0 Å². The number of hydrogen-bond donors (Lipinski definition) is 3. The van der Waals surface area contributed by atoms with Crippen LogP contribution in [0.25, 0.3) is 0 Å². The van der Waals surface area contributed by atoms with Gasteiger partial charge < -0.3 is 15.5 Å². The maximum atomic E-state index is 13.1. The number of hydroxylamine groups is 2. The van der Waals surface area contributed by atoms with Crippen LogP contribution in [0.1, 0.15) is 59.3 Å². The van der Waals surface area contributed by atoms with Crippen LogP contribution in [0.4, 0.5) is 0 Å². The summed E-state index contributed by atoms with van der Waals surface area (Å²) in [6.45, 7) is 6.30. The van der Waals surface area contributed by atoms with Gasteiger partial charge in [0.15, 0.2) is 0 Å². The third-order valence-electron chi connectivity index (χ3n) is 4.67. The summed E-state index contributed by atoms with van der Waals surface area (Å²) in [6, 6.07) is 0. The summed E-state index contributed by atoms with van der Waals surface area (Å²) < 4.78 is 0. The molecule has 0 saturated carbocycles. The zero-order chi connectivity index (χ0) is 21.4. The largest absolute Gasteiger partial charge is 0.341 e. The highest BCUT2D eigenvalue weighted by Gasteiger charge is 2.29. The minimum Gasteiger partial charge on any atom is -0.341 e. The van der Waals surface area contributed by atoms with Crippen LogP contribution < -0.4 is 10.6 Å². The first-order chi connectivity index (χ1) is 13.4. The Hall–Kier alpha value is -2.16. The van der Waals surface area contributed by atoms with Gasteiger partial charge in [-0.1, -0.05) is 46.5 Å². The first kappa shape index (κ1) is 25.8. The summed E-state index contributed by atoms with van der Waals surface area (Å²) in [4.78, 5) is 47.9. The smallest absolute Gasteiger partial charge is 0.240 e. The molecule has 2 unspecified atom stereocenters. The maximum absolute atomic E-state index is 13.1. The van der Waals surface area contributed by atoms with Gasteiger partial charge in [-0.05, 0) is 18.8 Å². The molecule has 28 heavy (non-hydrogen) atoms. The van der Waals surface area contributed by atoms with E-state index in [-0.39, 0.29) is 38.0 Å². The van der Waals surface area contributed by atoms with Gasteiger partial charge in [-0.2, -0.15) is 0 Å². The van der Waals surface area contributed by atoms with Gasteiger partial charge in [0.25, 0.3) is 0 Å². The predicted molar refractivity (Wildman–Crippen MR) is 105 cm³/mol. The lowest BCUT2D eigenvalue weighted by atomic mass is 9.88. The number of carbonyl (C=O) groups excluding carboxylic acids is 4. The number of nitrogens with one attached hydrogen (secondary N) is 2. The van der Waals surface area contributed by atoms with Gasteiger partial charge in [-0.15, -0.1) is 0 Å². The van der Waals surface area contributed by atoms with E-state index < -0.39 is 5.92 Å². The summed E-state index contributed by atoms with van der Waals surface area (Å²) >= 11 is 0. The molecule has 0 rings (SSSR count). The second-order valence-electron chi connectivity index (χ2n) is 6.94. The van der Waals surface area contributed by atoms with E-state index in [0.717, 1.165) is 32.1 Å². The van der Waals surface area contributed by atoms with Crippen molar-refractivity contribution in [2.45, 2.75) is 59.3 Å². The highest BCUT2D eigenvalue weighted by molar-refractivity contribution is 5.86. The fourth-order valence-corrected chi connectivity index (χ4v) is 3.12. The van der Waals surface area contributed by atoms with Crippen LogP contribution in [0, 0.1) is 11.8 Å². The zero-order valence-electron chi connectivity index (χ0n) is 17.4. The first-order valence-electron chi connectivity index (χ1n) is 10.1. The second-order valence-corrected chi connectivity index (χ2v) is 6.94. The lowest BCUT2D eigenvalue weighted by molar-refractivity contribution is -0.158. The van der Waals surface area contributed by atoms with Crippen molar-refractivity contribution >= 4 is 24.6 Å². The molecule has 0 aromatic heterocycles. The summed E-state index contributed by atoms with van der Waals surface area (Å²) in [5.41, 5.74) is 0. The molecule has 0 aromatic rings. The normalized spacial score (nSPS) is 12.6. The van der Waals surface area contributed by atoms with Crippen molar-refractivity contribution in [3.8, 4) is 0 Å². The molecule has 0 aliphatic rings. The van der Waals surface area contributed by atoms with Crippen molar-refractivity contribution in [1.82, 2.24) is 20.6 Å². The summed E-state index contributed by atoms with van der Waals surface area (Å²) in [5, 5.41) is 15.0. The van der Waals surface area contributed by atoms with E-state index in [9.17, 15) is 24.4 Å². The van der Waals surface area contributed by atoms with Crippen LogP contribution in [0.15, 0.2) is 0 Å². The molecule has 4 amide bonds. The number of carbonyl (C=O) groups is 4. The van der Waals surface area contributed by atoms with Gasteiger partial charge in [0.1, 0.15) is 0 Å². The van der Waals surface area contributed by atoms with Crippen molar-refractivity contribution in [3.05, 3.63) is 0 Å². The third-order valence-corrected chi connectivity index (χ3v) is 4.67. The number of rotatable bonds is 17. The topological polar surface area (TPSA) is 119 Å². The molecule has 9 heteroatoms. The van der Waals surface area contributed by atoms with E-state index in [4.69, 9.17) is 0 Å². The minimum atomic E-state index is -0.579. The van der Waals surface area contributed by atoms with E-state index in [1.165, 1.54) is 4.90 Å². The van der Waals surface area contributed by atoms with Gasteiger partial charge >= 0.3 is 0 Å².